The molecule has 0 spiro atoms. The van der Waals surface area contributed by atoms with Crippen LogP contribution in [-0.2, 0) is 16.6 Å². The van der Waals surface area contributed by atoms with Crippen LogP contribution in [0.4, 0.5) is 0 Å². The summed E-state index contributed by atoms with van der Waals surface area (Å²) >= 11 is 1.70. The van der Waals surface area contributed by atoms with Crippen molar-refractivity contribution in [2.24, 2.45) is 5.92 Å². The Kier molecular flexibility index (Phi) is 6.14. The first-order chi connectivity index (χ1) is 8.49. The molecular weight excluding hydrogens is 270 g/mol. The Morgan fingerprint density at radius 3 is 2.44 bits per heavy atom. The number of benzene rings is 1. The third-order valence-electron chi connectivity index (χ3n) is 2.49. The second-order valence-electron chi connectivity index (χ2n) is 4.21. The van der Waals surface area contributed by atoms with E-state index in [9.17, 15) is 8.42 Å². The Balaban J connectivity index is 2.67. The Hall–Kier alpha value is -0.560. The van der Waals surface area contributed by atoms with E-state index >= 15 is 0 Å². The highest BCUT2D eigenvalue weighted by molar-refractivity contribution is 7.98. The lowest BCUT2D eigenvalue weighted by atomic mass is 10.2. The first-order valence-corrected chi connectivity index (χ1v) is 8.55. The molecule has 1 atom stereocenters. The largest absolute Gasteiger partial charge is 0.392 e. The van der Waals surface area contributed by atoms with Crippen molar-refractivity contribution in [1.82, 2.24) is 4.72 Å². The van der Waals surface area contributed by atoms with Crippen LogP contribution < -0.4 is 4.72 Å². The molecule has 0 radical (unpaired) electrons. The van der Waals surface area contributed by atoms with Crippen molar-refractivity contribution in [3.05, 3.63) is 29.8 Å². The predicted molar refractivity (Wildman–Crippen MR) is 75.1 cm³/mol. The average molecular weight is 289 g/mol. The van der Waals surface area contributed by atoms with Crippen molar-refractivity contribution in [3.63, 3.8) is 0 Å². The van der Waals surface area contributed by atoms with Crippen LogP contribution in [0, 0.1) is 5.92 Å². The molecule has 0 fully saturated rings. The van der Waals surface area contributed by atoms with Gasteiger partial charge >= 0.3 is 0 Å². The minimum absolute atomic E-state index is 0.0848. The van der Waals surface area contributed by atoms with Gasteiger partial charge in [0.15, 0.2) is 0 Å². The van der Waals surface area contributed by atoms with Gasteiger partial charge in [-0.05, 0) is 35.6 Å². The third-order valence-corrected chi connectivity index (χ3v) is 4.83. The number of aliphatic hydroxyl groups is 1. The Morgan fingerprint density at radius 2 is 1.94 bits per heavy atom. The van der Waals surface area contributed by atoms with E-state index in [4.69, 9.17) is 5.11 Å². The van der Waals surface area contributed by atoms with Gasteiger partial charge in [-0.25, -0.2) is 13.1 Å². The van der Waals surface area contributed by atoms with Gasteiger partial charge in [-0.15, -0.1) is 0 Å². The van der Waals surface area contributed by atoms with E-state index in [1.807, 2.05) is 13.2 Å². The summed E-state index contributed by atoms with van der Waals surface area (Å²) in [6.07, 6.45) is 2.00. The summed E-state index contributed by atoms with van der Waals surface area (Å²) in [5, 5.41) is 8.90. The molecule has 0 aliphatic carbocycles. The first kappa shape index (κ1) is 15.5. The SMILES string of the molecule is CSCC(C)CNS(=O)(=O)c1ccc(CO)cc1. The van der Waals surface area contributed by atoms with Crippen molar-refractivity contribution in [1.29, 1.82) is 0 Å². The number of sulfonamides is 1. The fourth-order valence-corrected chi connectivity index (χ4v) is 3.30. The van der Waals surface area contributed by atoms with E-state index in [0.717, 1.165) is 5.75 Å². The second kappa shape index (κ2) is 7.13. The minimum Gasteiger partial charge on any atom is -0.392 e. The molecule has 0 bridgehead atoms. The molecule has 0 aromatic heterocycles. The molecule has 0 aliphatic rings. The number of thioether (sulfide) groups is 1. The Bertz CT molecular complexity index is 457. The van der Waals surface area contributed by atoms with Crippen LogP contribution in [0.5, 0.6) is 0 Å². The van der Waals surface area contributed by atoms with E-state index in [-0.39, 0.29) is 11.5 Å². The van der Waals surface area contributed by atoms with Crippen LogP contribution in [0.25, 0.3) is 0 Å². The van der Waals surface area contributed by atoms with Gasteiger partial charge in [0, 0.05) is 6.54 Å². The van der Waals surface area contributed by atoms with Crippen LogP contribution in [0.2, 0.25) is 0 Å². The average Bonchev–Trinajstić information content (AvgIpc) is 2.37. The number of rotatable bonds is 7. The molecule has 0 saturated heterocycles. The molecule has 102 valence electrons. The third kappa shape index (κ3) is 4.61. The topological polar surface area (TPSA) is 66.4 Å². The summed E-state index contributed by atoms with van der Waals surface area (Å²) in [5.74, 6) is 1.22. The maximum absolute atomic E-state index is 12.0. The molecular formula is C12H19NO3S2. The molecule has 1 aromatic carbocycles. The molecule has 4 nitrogen and oxygen atoms in total. The summed E-state index contributed by atoms with van der Waals surface area (Å²) in [7, 11) is -3.44. The number of nitrogens with one attached hydrogen (secondary N) is 1. The van der Waals surface area contributed by atoms with Crippen molar-refractivity contribution in [3.8, 4) is 0 Å². The molecule has 1 unspecified atom stereocenters. The summed E-state index contributed by atoms with van der Waals surface area (Å²) in [6.45, 7) is 2.36. The maximum atomic E-state index is 12.0. The zero-order chi connectivity index (χ0) is 13.6. The van der Waals surface area contributed by atoms with Crippen molar-refractivity contribution in [2.75, 3.05) is 18.6 Å². The number of hydrogen-bond acceptors (Lipinski definition) is 4. The number of aliphatic hydroxyl groups excluding tert-OH is 1. The summed E-state index contributed by atoms with van der Waals surface area (Å²) in [4.78, 5) is 0.232. The highest BCUT2D eigenvalue weighted by Crippen LogP contribution is 2.11. The van der Waals surface area contributed by atoms with Crippen molar-refractivity contribution >= 4 is 21.8 Å². The van der Waals surface area contributed by atoms with E-state index in [2.05, 4.69) is 4.72 Å². The lowest BCUT2D eigenvalue weighted by molar-refractivity contribution is 0.282. The van der Waals surface area contributed by atoms with Crippen LogP contribution in [-0.4, -0.2) is 32.1 Å². The van der Waals surface area contributed by atoms with Crippen LogP contribution in [0.3, 0.4) is 0 Å². The summed E-state index contributed by atoms with van der Waals surface area (Å²) in [5.41, 5.74) is 0.699. The van der Waals surface area contributed by atoms with Gasteiger partial charge in [0.05, 0.1) is 11.5 Å². The smallest absolute Gasteiger partial charge is 0.240 e. The molecule has 0 saturated carbocycles. The van der Waals surface area contributed by atoms with E-state index in [1.54, 1.807) is 23.9 Å². The first-order valence-electron chi connectivity index (χ1n) is 5.68. The molecule has 2 N–H and O–H groups in total. The van der Waals surface area contributed by atoms with Gasteiger partial charge in [0.2, 0.25) is 10.0 Å². The van der Waals surface area contributed by atoms with Crippen molar-refractivity contribution in [2.45, 2.75) is 18.4 Å². The van der Waals surface area contributed by atoms with Gasteiger partial charge in [-0.2, -0.15) is 11.8 Å². The standard InChI is InChI=1S/C12H19NO3S2/c1-10(9-17-2)7-13-18(15,16)12-5-3-11(8-14)4-6-12/h3-6,10,13-14H,7-9H2,1-2H3. The van der Waals surface area contributed by atoms with Crippen molar-refractivity contribution < 1.29 is 13.5 Å². The zero-order valence-electron chi connectivity index (χ0n) is 10.6. The lowest BCUT2D eigenvalue weighted by Crippen LogP contribution is -2.29. The quantitative estimate of drug-likeness (QED) is 0.797. The minimum atomic E-state index is -3.44. The second-order valence-corrected chi connectivity index (χ2v) is 6.89. The molecule has 1 rings (SSSR count). The number of hydrogen-bond donors (Lipinski definition) is 2. The monoisotopic (exact) mass is 289 g/mol. The molecule has 1 aromatic rings. The predicted octanol–water partition coefficient (Wildman–Crippen LogP) is 1.46. The summed E-state index contributed by atoms with van der Waals surface area (Å²) < 4.78 is 26.5. The van der Waals surface area contributed by atoms with Crippen LogP contribution in [0.15, 0.2) is 29.2 Å². The molecule has 0 heterocycles. The van der Waals surface area contributed by atoms with Gasteiger partial charge in [-0.3, -0.25) is 0 Å². The normalized spacial score (nSPS) is 13.5. The highest BCUT2D eigenvalue weighted by Gasteiger charge is 2.14. The Morgan fingerprint density at radius 1 is 1.33 bits per heavy atom. The fraction of sp³-hybridized carbons (Fsp3) is 0.500. The van der Waals surface area contributed by atoms with Gasteiger partial charge in [-0.1, -0.05) is 19.1 Å². The summed E-state index contributed by atoms with van der Waals surface area (Å²) in [6, 6.07) is 6.24. The Labute approximate surface area is 113 Å². The van der Waals surface area contributed by atoms with Gasteiger partial charge in [0.1, 0.15) is 0 Å². The van der Waals surface area contributed by atoms with Crippen LogP contribution >= 0.6 is 11.8 Å². The fourth-order valence-electron chi connectivity index (χ4n) is 1.45. The molecule has 0 amide bonds. The highest BCUT2D eigenvalue weighted by atomic mass is 32.2. The zero-order valence-corrected chi connectivity index (χ0v) is 12.2. The maximum Gasteiger partial charge on any atom is 0.240 e. The van der Waals surface area contributed by atoms with E-state index in [1.165, 1.54) is 12.1 Å². The molecule has 0 aliphatic heterocycles. The molecule has 6 heteroatoms. The lowest BCUT2D eigenvalue weighted by Gasteiger charge is -2.11. The van der Waals surface area contributed by atoms with Gasteiger partial charge in [0.25, 0.3) is 0 Å². The van der Waals surface area contributed by atoms with Gasteiger partial charge < -0.3 is 5.11 Å². The van der Waals surface area contributed by atoms with E-state index < -0.39 is 10.0 Å². The van der Waals surface area contributed by atoms with E-state index in [0.29, 0.717) is 18.0 Å². The molecule has 18 heavy (non-hydrogen) atoms. The van der Waals surface area contributed by atoms with Crippen LogP contribution in [0.1, 0.15) is 12.5 Å².